The molecule has 2 rings (SSSR count). The van der Waals surface area contributed by atoms with Crippen LogP contribution in [-0.2, 0) is 0 Å². The van der Waals surface area contributed by atoms with Crippen LogP contribution in [0.4, 0.5) is 0 Å². The van der Waals surface area contributed by atoms with E-state index in [1.807, 2.05) is 0 Å². The Balaban J connectivity index is 1.81. The van der Waals surface area contributed by atoms with E-state index in [1.54, 1.807) is 0 Å². The van der Waals surface area contributed by atoms with Gasteiger partial charge in [0.15, 0.2) is 0 Å². The first-order chi connectivity index (χ1) is 9.35. The first kappa shape index (κ1) is 15.3. The number of hydrogen-bond donors (Lipinski definition) is 1. The third-order valence-electron chi connectivity index (χ3n) is 5.38. The first-order valence-corrected chi connectivity index (χ1v) is 8.75. The van der Waals surface area contributed by atoms with E-state index in [0.29, 0.717) is 0 Å². The Bertz CT molecular complexity index is 233. The molecule has 1 unspecified atom stereocenters. The maximum atomic E-state index is 3.34. The van der Waals surface area contributed by atoms with Gasteiger partial charge in [-0.1, -0.05) is 26.2 Å². The molecule has 2 aliphatic rings. The second kappa shape index (κ2) is 8.26. The van der Waals surface area contributed by atoms with Crippen molar-refractivity contribution < 1.29 is 0 Å². The van der Waals surface area contributed by atoms with Gasteiger partial charge in [0, 0.05) is 12.1 Å². The lowest BCUT2D eigenvalue weighted by atomic mass is 9.81. The molecule has 0 aromatic carbocycles. The van der Waals surface area contributed by atoms with Crippen LogP contribution in [0.3, 0.4) is 0 Å². The Hall–Kier alpha value is -0.0800. The van der Waals surface area contributed by atoms with Crippen LogP contribution >= 0.6 is 0 Å². The lowest BCUT2D eigenvalue weighted by Crippen LogP contribution is -2.48. The van der Waals surface area contributed by atoms with Gasteiger partial charge >= 0.3 is 0 Å². The van der Waals surface area contributed by atoms with Crippen LogP contribution in [0.25, 0.3) is 0 Å². The van der Waals surface area contributed by atoms with Crippen LogP contribution < -0.4 is 5.32 Å². The second-order valence-electron chi connectivity index (χ2n) is 6.74. The van der Waals surface area contributed by atoms with E-state index in [1.165, 1.54) is 77.3 Å². The van der Waals surface area contributed by atoms with Crippen molar-refractivity contribution in [3.8, 4) is 0 Å². The SMILES string of the molecule is CCCC1CCC(N2CCCCC2CCNC)CC1. The normalized spacial score (nSPS) is 33.5. The Kier molecular flexibility index (Phi) is 6.66. The molecule has 2 nitrogen and oxygen atoms in total. The second-order valence-corrected chi connectivity index (χ2v) is 6.74. The Morgan fingerprint density at radius 2 is 1.79 bits per heavy atom. The summed E-state index contributed by atoms with van der Waals surface area (Å²) in [5, 5.41) is 3.34. The fourth-order valence-corrected chi connectivity index (χ4v) is 4.30. The van der Waals surface area contributed by atoms with Gasteiger partial charge in [-0.2, -0.15) is 0 Å². The van der Waals surface area contributed by atoms with E-state index in [4.69, 9.17) is 0 Å². The molecule has 19 heavy (non-hydrogen) atoms. The van der Waals surface area contributed by atoms with Crippen molar-refractivity contribution in [2.75, 3.05) is 20.1 Å². The number of nitrogens with one attached hydrogen (secondary N) is 1. The number of piperidine rings is 1. The van der Waals surface area contributed by atoms with Gasteiger partial charge in [-0.05, 0) is 71.0 Å². The number of nitrogens with zero attached hydrogens (tertiary/aromatic N) is 1. The molecule has 1 N–H and O–H groups in total. The van der Waals surface area contributed by atoms with Crippen molar-refractivity contribution in [1.82, 2.24) is 10.2 Å². The van der Waals surface area contributed by atoms with Crippen LogP contribution in [0.5, 0.6) is 0 Å². The summed E-state index contributed by atoms with van der Waals surface area (Å²) in [5.74, 6) is 1.04. The molecule has 1 atom stereocenters. The quantitative estimate of drug-likeness (QED) is 0.786. The maximum absolute atomic E-state index is 3.34. The first-order valence-electron chi connectivity index (χ1n) is 8.75. The minimum Gasteiger partial charge on any atom is -0.320 e. The van der Waals surface area contributed by atoms with Gasteiger partial charge in [-0.15, -0.1) is 0 Å². The molecular formula is C17H34N2. The van der Waals surface area contributed by atoms with Crippen molar-refractivity contribution in [2.24, 2.45) is 5.92 Å². The highest BCUT2D eigenvalue weighted by molar-refractivity contribution is 4.86. The van der Waals surface area contributed by atoms with Crippen LogP contribution in [0.1, 0.15) is 71.1 Å². The molecule has 0 aromatic rings. The smallest absolute Gasteiger partial charge is 0.0110 e. The summed E-state index contributed by atoms with van der Waals surface area (Å²) in [6, 6.07) is 1.78. The summed E-state index contributed by atoms with van der Waals surface area (Å²) < 4.78 is 0. The topological polar surface area (TPSA) is 15.3 Å². The Labute approximate surface area is 120 Å². The molecule has 1 saturated carbocycles. The van der Waals surface area contributed by atoms with Crippen molar-refractivity contribution in [1.29, 1.82) is 0 Å². The zero-order valence-corrected chi connectivity index (χ0v) is 13.2. The molecular weight excluding hydrogens is 232 g/mol. The van der Waals surface area contributed by atoms with Gasteiger partial charge in [0.2, 0.25) is 0 Å². The van der Waals surface area contributed by atoms with Gasteiger partial charge in [0.05, 0.1) is 0 Å². The van der Waals surface area contributed by atoms with Crippen molar-refractivity contribution in [2.45, 2.75) is 83.2 Å². The van der Waals surface area contributed by atoms with Crippen molar-refractivity contribution >= 4 is 0 Å². The van der Waals surface area contributed by atoms with Gasteiger partial charge in [-0.3, -0.25) is 4.90 Å². The average Bonchev–Trinajstić information content (AvgIpc) is 2.47. The fourth-order valence-electron chi connectivity index (χ4n) is 4.30. The number of hydrogen-bond acceptors (Lipinski definition) is 2. The highest BCUT2D eigenvalue weighted by atomic mass is 15.2. The van der Waals surface area contributed by atoms with Gasteiger partial charge in [-0.25, -0.2) is 0 Å². The van der Waals surface area contributed by atoms with Crippen molar-refractivity contribution in [3.05, 3.63) is 0 Å². The van der Waals surface area contributed by atoms with E-state index in [0.717, 1.165) is 18.0 Å². The summed E-state index contributed by atoms with van der Waals surface area (Å²) in [5.41, 5.74) is 0. The lowest BCUT2D eigenvalue weighted by molar-refractivity contribution is 0.0577. The monoisotopic (exact) mass is 266 g/mol. The highest BCUT2D eigenvalue weighted by Gasteiger charge is 2.31. The Morgan fingerprint density at radius 1 is 1.00 bits per heavy atom. The molecule has 1 aliphatic carbocycles. The molecule has 1 aliphatic heterocycles. The standard InChI is InChI=1S/C17H34N2/c1-3-6-15-8-10-17(11-9-15)19-14-5-4-7-16(19)12-13-18-2/h15-18H,3-14H2,1-2H3. The molecule has 2 fully saturated rings. The summed E-state index contributed by atoms with van der Waals surface area (Å²) in [4.78, 5) is 2.89. The number of likely N-dealkylation sites (tertiary alicyclic amines) is 1. The third kappa shape index (κ3) is 4.46. The van der Waals surface area contributed by atoms with Gasteiger partial charge in [0.25, 0.3) is 0 Å². The van der Waals surface area contributed by atoms with Gasteiger partial charge < -0.3 is 5.32 Å². The fraction of sp³-hybridized carbons (Fsp3) is 1.00. The molecule has 2 heteroatoms. The van der Waals surface area contributed by atoms with Crippen LogP contribution in [0.2, 0.25) is 0 Å². The molecule has 0 aromatic heterocycles. The largest absolute Gasteiger partial charge is 0.320 e. The third-order valence-corrected chi connectivity index (χ3v) is 5.38. The van der Waals surface area contributed by atoms with Gasteiger partial charge in [0.1, 0.15) is 0 Å². The molecule has 0 radical (unpaired) electrons. The molecule has 0 bridgehead atoms. The molecule has 0 amide bonds. The predicted molar refractivity (Wildman–Crippen MR) is 83.5 cm³/mol. The van der Waals surface area contributed by atoms with Crippen LogP contribution in [0, 0.1) is 5.92 Å². The van der Waals surface area contributed by atoms with E-state index >= 15 is 0 Å². The van der Waals surface area contributed by atoms with E-state index in [2.05, 4.69) is 24.2 Å². The van der Waals surface area contributed by atoms with E-state index in [-0.39, 0.29) is 0 Å². The maximum Gasteiger partial charge on any atom is 0.0110 e. The predicted octanol–water partition coefficient (Wildman–Crippen LogP) is 3.81. The summed E-state index contributed by atoms with van der Waals surface area (Å²) in [6.07, 6.45) is 14.5. The zero-order chi connectivity index (χ0) is 13.5. The summed E-state index contributed by atoms with van der Waals surface area (Å²) in [7, 11) is 2.09. The molecule has 1 heterocycles. The molecule has 1 saturated heterocycles. The highest BCUT2D eigenvalue weighted by Crippen LogP contribution is 2.33. The molecule has 0 spiro atoms. The van der Waals surface area contributed by atoms with E-state index in [9.17, 15) is 0 Å². The minimum atomic E-state index is 0.869. The van der Waals surface area contributed by atoms with Crippen LogP contribution in [0.15, 0.2) is 0 Å². The Morgan fingerprint density at radius 3 is 2.47 bits per heavy atom. The number of rotatable bonds is 6. The summed E-state index contributed by atoms with van der Waals surface area (Å²) in [6.45, 7) is 4.90. The average molecular weight is 266 g/mol. The van der Waals surface area contributed by atoms with E-state index < -0.39 is 0 Å². The van der Waals surface area contributed by atoms with Crippen LogP contribution in [-0.4, -0.2) is 37.1 Å². The van der Waals surface area contributed by atoms with Crippen molar-refractivity contribution in [3.63, 3.8) is 0 Å². The molecule has 112 valence electrons. The zero-order valence-electron chi connectivity index (χ0n) is 13.2. The lowest BCUT2D eigenvalue weighted by Gasteiger charge is -2.44. The minimum absolute atomic E-state index is 0.869. The summed E-state index contributed by atoms with van der Waals surface area (Å²) >= 11 is 0.